The fraction of sp³-hybridized carbons (Fsp3) is 0.190. The van der Waals surface area contributed by atoms with Gasteiger partial charge in [-0.05, 0) is 42.3 Å². The Morgan fingerprint density at radius 3 is 2.71 bits per heavy atom. The normalized spacial score (nSPS) is 14.2. The highest BCUT2D eigenvalue weighted by Crippen LogP contribution is 2.31. The lowest BCUT2D eigenvalue weighted by molar-refractivity contribution is -0.384. The Labute approximate surface area is 182 Å². The summed E-state index contributed by atoms with van der Waals surface area (Å²) in [6, 6.07) is 8.73. The topological polar surface area (TPSA) is 117 Å². The molecule has 3 rings (SSSR count). The number of nitrogens with zero attached hydrogens (tertiary/aromatic N) is 2. The van der Waals surface area contributed by atoms with Gasteiger partial charge in [-0.25, -0.2) is 9.79 Å². The van der Waals surface area contributed by atoms with Gasteiger partial charge in [0.1, 0.15) is 5.02 Å². The second-order valence-electron chi connectivity index (χ2n) is 6.39. The molecule has 1 aliphatic rings. The van der Waals surface area contributed by atoms with Crippen LogP contribution in [0, 0.1) is 10.1 Å². The van der Waals surface area contributed by atoms with E-state index in [9.17, 15) is 19.7 Å². The number of methoxy groups -OCH3 is 1. The van der Waals surface area contributed by atoms with E-state index in [1.54, 1.807) is 18.2 Å². The van der Waals surface area contributed by atoms with Gasteiger partial charge >= 0.3 is 11.9 Å². The molecular weight excluding hydrogens is 428 g/mol. The predicted molar refractivity (Wildman–Crippen MR) is 112 cm³/mol. The van der Waals surface area contributed by atoms with Gasteiger partial charge in [0.15, 0.2) is 17.2 Å². The van der Waals surface area contributed by atoms with Crippen molar-refractivity contribution in [2.24, 2.45) is 4.99 Å². The molecule has 0 aliphatic carbocycles. The van der Waals surface area contributed by atoms with Crippen LogP contribution in [0.15, 0.2) is 47.1 Å². The molecule has 160 valence electrons. The van der Waals surface area contributed by atoms with Crippen molar-refractivity contribution in [3.63, 3.8) is 0 Å². The van der Waals surface area contributed by atoms with Gasteiger partial charge in [-0.2, -0.15) is 0 Å². The number of rotatable bonds is 7. The Bertz CT molecular complexity index is 1120. The van der Waals surface area contributed by atoms with Crippen LogP contribution in [0.2, 0.25) is 5.02 Å². The van der Waals surface area contributed by atoms with Gasteiger partial charge in [-0.3, -0.25) is 14.9 Å². The zero-order chi connectivity index (χ0) is 22.5. The third-order valence-electron chi connectivity index (χ3n) is 4.18. The van der Waals surface area contributed by atoms with Crippen LogP contribution >= 0.6 is 11.6 Å². The third-order valence-corrected chi connectivity index (χ3v) is 4.50. The second kappa shape index (κ2) is 9.40. The number of carbonyl (C=O) groups excluding carboxylic acids is 2. The quantitative estimate of drug-likeness (QED) is 0.205. The smallest absolute Gasteiger partial charge is 0.363 e. The lowest BCUT2D eigenvalue weighted by Crippen LogP contribution is -2.08. The molecule has 0 aromatic heterocycles. The Balaban J connectivity index is 1.89. The third kappa shape index (κ3) is 5.07. The molecule has 0 spiro atoms. The summed E-state index contributed by atoms with van der Waals surface area (Å²) >= 11 is 5.81. The zero-order valence-electron chi connectivity index (χ0n) is 16.6. The van der Waals surface area contributed by atoms with Gasteiger partial charge in [0.25, 0.3) is 5.69 Å². The van der Waals surface area contributed by atoms with E-state index >= 15 is 0 Å². The molecule has 0 radical (unpaired) electrons. The van der Waals surface area contributed by atoms with Gasteiger partial charge < -0.3 is 14.2 Å². The fourth-order valence-corrected chi connectivity index (χ4v) is 2.90. The highest BCUT2D eigenvalue weighted by molar-refractivity contribution is 6.32. The summed E-state index contributed by atoms with van der Waals surface area (Å²) in [4.78, 5) is 38.5. The number of cyclic esters (lactones) is 1. The first kappa shape index (κ1) is 22.0. The summed E-state index contributed by atoms with van der Waals surface area (Å²) in [5.74, 6) is -0.604. The summed E-state index contributed by atoms with van der Waals surface area (Å²) in [6.07, 6.45) is 2.39. The summed E-state index contributed by atoms with van der Waals surface area (Å²) in [5.41, 5.74) is 0.452. The van der Waals surface area contributed by atoms with E-state index < -0.39 is 10.9 Å². The molecule has 0 bridgehead atoms. The van der Waals surface area contributed by atoms with Crippen molar-refractivity contribution in [1.29, 1.82) is 0 Å². The van der Waals surface area contributed by atoms with Crippen LogP contribution in [0.3, 0.4) is 0 Å². The van der Waals surface area contributed by atoms with Gasteiger partial charge in [0.05, 0.1) is 12.0 Å². The molecule has 0 unspecified atom stereocenters. The molecule has 31 heavy (non-hydrogen) atoms. The van der Waals surface area contributed by atoms with Crippen LogP contribution in [0.25, 0.3) is 6.08 Å². The summed E-state index contributed by atoms with van der Waals surface area (Å²) < 4.78 is 15.7. The van der Waals surface area contributed by atoms with E-state index in [1.165, 1.54) is 31.4 Å². The van der Waals surface area contributed by atoms with Crippen molar-refractivity contribution in [2.75, 3.05) is 7.11 Å². The number of nitro benzene ring substituents is 1. The molecule has 1 heterocycles. The predicted octanol–water partition coefficient (Wildman–Crippen LogP) is 4.31. The minimum absolute atomic E-state index is 0.00890. The summed E-state index contributed by atoms with van der Waals surface area (Å²) in [6.45, 7) is 1.87. The minimum atomic E-state index is -0.718. The molecule has 0 fully saturated rings. The number of ether oxygens (including phenoxy) is 3. The molecule has 0 atom stereocenters. The van der Waals surface area contributed by atoms with E-state index in [-0.39, 0.29) is 46.0 Å². The van der Waals surface area contributed by atoms with Crippen LogP contribution in [-0.2, 0) is 14.3 Å². The van der Waals surface area contributed by atoms with Crippen LogP contribution in [0.4, 0.5) is 5.69 Å². The van der Waals surface area contributed by atoms with E-state index in [2.05, 4.69) is 4.99 Å². The Hall–Kier alpha value is -3.72. The van der Waals surface area contributed by atoms with Gasteiger partial charge in [-0.15, -0.1) is 0 Å². The number of hydrogen-bond donors (Lipinski definition) is 0. The number of nitro groups is 1. The van der Waals surface area contributed by atoms with Crippen LogP contribution < -0.4 is 9.47 Å². The number of esters is 2. The summed E-state index contributed by atoms with van der Waals surface area (Å²) in [5, 5.41) is 11.0. The molecule has 1 aliphatic heterocycles. The van der Waals surface area contributed by atoms with Crippen molar-refractivity contribution >= 4 is 41.2 Å². The first-order valence-electron chi connectivity index (χ1n) is 9.18. The van der Waals surface area contributed by atoms with E-state index in [4.69, 9.17) is 25.8 Å². The van der Waals surface area contributed by atoms with Gasteiger partial charge in [-0.1, -0.05) is 24.6 Å². The van der Waals surface area contributed by atoms with E-state index in [0.29, 0.717) is 17.7 Å². The molecular formula is C21H17ClN2O7. The number of hydrogen-bond acceptors (Lipinski definition) is 8. The zero-order valence-corrected chi connectivity index (χ0v) is 17.3. The van der Waals surface area contributed by atoms with Crippen molar-refractivity contribution in [3.05, 3.63) is 68.4 Å². The average molecular weight is 445 g/mol. The lowest BCUT2D eigenvalue weighted by Gasteiger charge is -2.09. The van der Waals surface area contributed by atoms with Crippen LogP contribution in [0.5, 0.6) is 11.5 Å². The van der Waals surface area contributed by atoms with Gasteiger partial charge in [0, 0.05) is 18.1 Å². The van der Waals surface area contributed by atoms with Crippen LogP contribution in [-0.4, -0.2) is 29.9 Å². The fourth-order valence-electron chi connectivity index (χ4n) is 2.71. The molecule has 9 nitrogen and oxygen atoms in total. The SMILES string of the molecule is CCCC(=O)Oc1ccc(/C=C2\N=C(c3ccc(Cl)c([N+](=O)[O-])c3)OC2=O)cc1OC. The largest absolute Gasteiger partial charge is 0.493 e. The van der Waals surface area contributed by atoms with Crippen molar-refractivity contribution in [1.82, 2.24) is 0 Å². The maximum Gasteiger partial charge on any atom is 0.363 e. The van der Waals surface area contributed by atoms with Crippen molar-refractivity contribution in [2.45, 2.75) is 19.8 Å². The van der Waals surface area contributed by atoms with Gasteiger partial charge in [0.2, 0.25) is 5.90 Å². The lowest BCUT2D eigenvalue weighted by atomic mass is 10.1. The second-order valence-corrected chi connectivity index (χ2v) is 6.80. The van der Waals surface area contributed by atoms with E-state index in [0.717, 1.165) is 0 Å². The number of carbonyl (C=O) groups is 2. The van der Waals surface area contributed by atoms with E-state index in [1.807, 2.05) is 6.92 Å². The maximum absolute atomic E-state index is 12.2. The van der Waals surface area contributed by atoms with Crippen LogP contribution in [0.1, 0.15) is 30.9 Å². The Morgan fingerprint density at radius 2 is 2.03 bits per heavy atom. The molecule has 2 aromatic rings. The molecule has 10 heteroatoms. The highest BCUT2D eigenvalue weighted by Gasteiger charge is 2.26. The summed E-state index contributed by atoms with van der Waals surface area (Å²) in [7, 11) is 1.43. The monoisotopic (exact) mass is 444 g/mol. The first-order valence-corrected chi connectivity index (χ1v) is 9.55. The highest BCUT2D eigenvalue weighted by atomic mass is 35.5. The molecule has 0 saturated heterocycles. The number of halogens is 1. The Kier molecular flexibility index (Phi) is 6.66. The minimum Gasteiger partial charge on any atom is -0.493 e. The maximum atomic E-state index is 12.2. The molecule has 0 N–H and O–H groups in total. The molecule has 0 saturated carbocycles. The first-order chi connectivity index (χ1) is 14.8. The molecule has 0 amide bonds. The van der Waals surface area contributed by atoms with Crippen molar-refractivity contribution in [3.8, 4) is 11.5 Å². The average Bonchev–Trinajstić information content (AvgIpc) is 3.09. The van der Waals surface area contributed by atoms with Crippen molar-refractivity contribution < 1.29 is 28.7 Å². The standard InChI is InChI=1S/C21H17ClN2O7/c1-3-4-19(25)30-17-8-5-12(10-18(17)29-2)9-15-21(26)31-20(23-15)13-6-7-14(22)16(11-13)24(27)28/h5-11H,3-4H2,1-2H3/b15-9-. The molecule has 2 aromatic carbocycles. The number of aliphatic imine (C=N–C) groups is 1. The Morgan fingerprint density at radius 1 is 1.26 bits per heavy atom. The number of benzene rings is 2.